The van der Waals surface area contributed by atoms with Crippen molar-refractivity contribution in [1.29, 1.82) is 0 Å². The number of nitrogens with zero attached hydrogens (tertiary/aromatic N) is 2. The molecule has 0 unspecified atom stereocenters. The van der Waals surface area contributed by atoms with Crippen LogP contribution in [0, 0.1) is 0 Å². The maximum Gasteiger partial charge on any atom is 0.359 e. The third kappa shape index (κ3) is 4.74. The highest BCUT2D eigenvalue weighted by molar-refractivity contribution is 7.16. The van der Waals surface area contributed by atoms with Crippen LogP contribution in [-0.2, 0) is 16.0 Å². The Morgan fingerprint density at radius 3 is 2.55 bits per heavy atom. The molecule has 0 radical (unpaired) electrons. The number of ether oxygens (including phenoxy) is 1. The fourth-order valence-corrected chi connectivity index (χ4v) is 5.07. The minimum atomic E-state index is -0.621. The largest absolute Gasteiger partial charge is 0.461 e. The summed E-state index contributed by atoms with van der Waals surface area (Å²) in [4.78, 5) is 39.6. The van der Waals surface area contributed by atoms with Crippen molar-refractivity contribution < 1.29 is 14.3 Å². The van der Waals surface area contributed by atoms with Crippen molar-refractivity contribution in [3.63, 3.8) is 0 Å². The van der Waals surface area contributed by atoms with E-state index < -0.39 is 11.5 Å². The van der Waals surface area contributed by atoms with E-state index >= 15 is 0 Å². The number of hydrogen-bond acceptors (Lipinski definition) is 7. The summed E-state index contributed by atoms with van der Waals surface area (Å²) < 4.78 is 6.37. The molecule has 170 valence electrons. The third-order valence-corrected chi connectivity index (χ3v) is 6.87. The topological polar surface area (TPSA) is 90.3 Å². The van der Waals surface area contributed by atoms with Crippen LogP contribution in [0.25, 0.3) is 16.5 Å². The number of carbonyl (C=O) groups is 2. The number of benzene rings is 1. The van der Waals surface area contributed by atoms with Crippen molar-refractivity contribution in [2.75, 3.05) is 11.9 Å². The van der Waals surface area contributed by atoms with E-state index in [2.05, 4.69) is 24.3 Å². The predicted molar refractivity (Wildman–Crippen MR) is 132 cm³/mol. The molecule has 1 N–H and O–H groups in total. The number of anilines is 1. The highest BCUT2D eigenvalue weighted by Crippen LogP contribution is 2.31. The van der Waals surface area contributed by atoms with Crippen molar-refractivity contribution in [1.82, 2.24) is 9.78 Å². The van der Waals surface area contributed by atoms with Gasteiger partial charge >= 0.3 is 5.97 Å². The summed E-state index contributed by atoms with van der Waals surface area (Å²) in [6.45, 7) is 6.06. The average molecular weight is 482 g/mol. The molecule has 4 rings (SSSR count). The summed E-state index contributed by atoms with van der Waals surface area (Å²) in [5.41, 5.74) is 1.27. The van der Waals surface area contributed by atoms with Gasteiger partial charge in [0.2, 0.25) is 5.91 Å². The Labute approximate surface area is 198 Å². The molecule has 0 aliphatic carbocycles. The zero-order valence-corrected chi connectivity index (χ0v) is 20.1. The lowest BCUT2D eigenvalue weighted by atomic mass is 10.0. The van der Waals surface area contributed by atoms with Gasteiger partial charge in [-0.05, 0) is 42.0 Å². The number of nitrogens with one attached hydrogen (secondary N) is 1. The lowest BCUT2D eigenvalue weighted by Gasteiger charge is -2.11. The molecule has 0 atom stereocenters. The number of esters is 1. The summed E-state index contributed by atoms with van der Waals surface area (Å²) in [5, 5.41) is 11.7. The first-order valence-corrected chi connectivity index (χ1v) is 12.3. The van der Waals surface area contributed by atoms with E-state index in [0.29, 0.717) is 22.0 Å². The second-order valence-corrected chi connectivity index (χ2v) is 9.60. The monoisotopic (exact) mass is 481 g/mol. The first-order valence-electron chi connectivity index (χ1n) is 10.5. The Kier molecular flexibility index (Phi) is 6.71. The molecule has 3 aromatic heterocycles. The normalized spacial score (nSPS) is 11.2. The first kappa shape index (κ1) is 22.9. The Morgan fingerprint density at radius 2 is 1.91 bits per heavy atom. The molecular formula is C24H23N3O4S2. The Bertz CT molecular complexity index is 1350. The summed E-state index contributed by atoms with van der Waals surface area (Å²) in [5.74, 6) is -0.518. The van der Waals surface area contributed by atoms with Gasteiger partial charge in [-0.1, -0.05) is 32.0 Å². The highest BCUT2D eigenvalue weighted by Gasteiger charge is 2.23. The highest BCUT2D eigenvalue weighted by atomic mass is 32.1. The molecule has 4 aromatic rings. The summed E-state index contributed by atoms with van der Waals surface area (Å²) >= 11 is 2.68. The first-order chi connectivity index (χ1) is 15.9. The van der Waals surface area contributed by atoms with Gasteiger partial charge in [0.15, 0.2) is 5.69 Å². The van der Waals surface area contributed by atoms with E-state index in [-0.39, 0.29) is 30.0 Å². The van der Waals surface area contributed by atoms with Gasteiger partial charge < -0.3 is 10.1 Å². The van der Waals surface area contributed by atoms with E-state index in [0.717, 1.165) is 10.4 Å². The molecule has 1 amide bonds. The summed E-state index contributed by atoms with van der Waals surface area (Å²) in [6, 6.07) is 11.2. The fourth-order valence-electron chi connectivity index (χ4n) is 3.41. The number of carbonyl (C=O) groups excluding carboxylic acids is 2. The van der Waals surface area contributed by atoms with Gasteiger partial charge in [-0.2, -0.15) is 9.78 Å². The van der Waals surface area contributed by atoms with E-state index in [9.17, 15) is 14.4 Å². The number of amides is 1. The maximum atomic E-state index is 13.5. The van der Waals surface area contributed by atoms with Crippen LogP contribution in [0.15, 0.2) is 52.0 Å². The van der Waals surface area contributed by atoms with Crippen LogP contribution in [0.3, 0.4) is 0 Å². The molecule has 33 heavy (non-hydrogen) atoms. The molecule has 3 heterocycles. The number of hydrogen-bond donors (Lipinski definition) is 1. The van der Waals surface area contributed by atoms with Crippen LogP contribution in [0.1, 0.15) is 47.6 Å². The SMILES string of the molecule is CCOC(=O)c1nn(-c2ccc(C(C)C)cc2)c(=O)c2c(NC(=O)Cc3cccs3)scc12. The van der Waals surface area contributed by atoms with Crippen LogP contribution >= 0.6 is 22.7 Å². The lowest BCUT2D eigenvalue weighted by molar-refractivity contribution is -0.115. The number of rotatable bonds is 7. The van der Waals surface area contributed by atoms with Crippen LogP contribution in [0.2, 0.25) is 0 Å². The third-order valence-electron chi connectivity index (χ3n) is 5.09. The number of fused-ring (bicyclic) bond motifs is 1. The van der Waals surface area contributed by atoms with Crippen molar-refractivity contribution in [3.05, 3.63) is 73.6 Å². The van der Waals surface area contributed by atoms with E-state index in [1.807, 2.05) is 29.6 Å². The molecule has 0 bridgehead atoms. The predicted octanol–water partition coefficient (Wildman–Crippen LogP) is 4.99. The van der Waals surface area contributed by atoms with Gasteiger partial charge in [-0.25, -0.2) is 4.79 Å². The fraction of sp³-hybridized carbons (Fsp3) is 0.250. The quantitative estimate of drug-likeness (QED) is 0.376. The molecule has 0 spiro atoms. The van der Waals surface area contributed by atoms with Gasteiger partial charge in [0.05, 0.1) is 24.1 Å². The van der Waals surface area contributed by atoms with Gasteiger partial charge in [-0.3, -0.25) is 9.59 Å². The minimum Gasteiger partial charge on any atom is -0.461 e. The standard InChI is InChI=1S/C24H23N3O4S2/c1-4-31-24(30)21-18-13-33-22(25-19(28)12-17-6-5-11-32-17)20(18)23(29)27(26-21)16-9-7-15(8-10-16)14(2)3/h5-11,13-14H,4,12H2,1-3H3,(H,25,28). The van der Waals surface area contributed by atoms with Gasteiger partial charge in [0.1, 0.15) is 5.00 Å². The Hall–Kier alpha value is -3.30. The molecule has 0 saturated carbocycles. The molecule has 7 nitrogen and oxygen atoms in total. The van der Waals surface area contributed by atoms with Crippen molar-refractivity contribution in [2.24, 2.45) is 0 Å². The number of aromatic nitrogens is 2. The zero-order valence-electron chi connectivity index (χ0n) is 18.5. The van der Waals surface area contributed by atoms with Crippen LogP contribution in [0.4, 0.5) is 5.00 Å². The molecular weight excluding hydrogens is 458 g/mol. The van der Waals surface area contributed by atoms with E-state index in [1.54, 1.807) is 24.4 Å². The molecule has 0 aliphatic rings. The Morgan fingerprint density at radius 1 is 1.15 bits per heavy atom. The van der Waals surface area contributed by atoms with Crippen LogP contribution in [0.5, 0.6) is 0 Å². The van der Waals surface area contributed by atoms with Crippen molar-refractivity contribution >= 4 is 50.3 Å². The smallest absolute Gasteiger partial charge is 0.359 e. The van der Waals surface area contributed by atoms with Gasteiger partial charge in [0, 0.05) is 15.6 Å². The molecule has 0 fully saturated rings. The second-order valence-electron chi connectivity index (χ2n) is 7.69. The van der Waals surface area contributed by atoms with E-state index in [4.69, 9.17) is 4.74 Å². The minimum absolute atomic E-state index is 0.0365. The van der Waals surface area contributed by atoms with Gasteiger partial charge in [0.25, 0.3) is 5.56 Å². The van der Waals surface area contributed by atoms with Gasteiger partial charge in [-0.15, -0.1) is 22.7 Å². The lowest BCUT2D eigenvalue weighted by Crippen LogP contribution is -2.25. The summed E-state index contributed by atoms with van der Waals surface area (Å²) in [7, 11) is 0. The Balaban J connectivity index is 1.81. The average Bonchev–Trinajstić information content (AvgIpc) is 3.45. The summed E-state index contributed by atoms with van der Waals surface area (Å²) in [6.07, 6.45) is 0.206. The molecule has 1 aromatic carbocycles. The second kappa shape index (κ2) is 9.68. The number of thiophene rings is 2. The molecule has 0 saturated heterocycles. The van der Waals surface area contributed by atoms with Crippen molar-refractivity contribution in [2.45, 2.75) is 33.1 Å². The van der Waals surface area contributed by atoms with Crippen LogP contribution < -0.4 is 10.9 Å². The van der Waals surface area contributed by atoms with Crippen LogP contribution in [-0.4, -0.2) is 28.3 Å². The maximum absolute atomic E-state index is 13.5. The van der Waals surface area contributed by atoms with E-state index in [1.165, 1.54) is 27.4 Å². The molecule has 9 heteroatoms. The zero-order chi connectivity index (χ0) is 23.5. The molecule has 0 aliphatic heterocycles. The van der Waals surface area contributed by atoms with Crippen molar-refractivity contribution in [3.8, 4) is 5.69 Å².